The number of fused-ring (bicyclic) bond motifs is 5. The highest BCUT2D eigenvalue weighted by molar-refractivity contribution is 8.44. The molecule has 2 bridgehead atoms. The van der Waals surface area contributed by atoms with Gasteiger partial charge in [-0.3, -0.25) is 27.9 Å². The first-order valence-corrected chi connectivity index (χ1v) is 19.4. The zero-order chi connectivity index (χ0) is 34.9. The molecule has 2 saturated heterocycles. The van der Waals surface area contributed by atoms with Crippen molar-refractivity contribution in [3.05, 3.63) is 46.3 Å². The maximum atomic E-state index is 13.9. The number of nitrogens with two attached hydrogens (primary N) is 2. The lowest BCUT2D eigenvalue weighted by atomic mass is 9.84. The highest BCUT2D eigenvalue weighted by Crippen LogP contribution is 2.62. The van der Waals surface area contributed by atoms with Gasteiger partial charge in [-0.1, -0.05) is 18.8 Å². The number of H-pyrrole nitrogens is 1. The number of aromatic amines is 1. The molecule has 7 N–H and O–H groups in total. The van der Waals surface area contributed by atoms with E-state index < -0.39 is 81.5 Å². The molecule has 3 fully saturated rings. The number of nitrogens with zero attached hydrogens (tertiary/aromatic N) is 6. The van der Waals surface area contributed by atoms with E-state index in [2.05, 4.69) is 53.9 Å². The molecule has 3 aliphatic rings. The number of nitrogens with one attached hydrogen (secondary N) is 1. The number of methoxy groups -OCH3 is 1. The van der Waals surface area contributed by atoms with Gasteiger partial charge in [-0.2, -0.15) is 4.37 Å². The number of aromatic nitrogens is 7. The molecular formula is C25H29N9O11P2S2. The summed E-state index contributed by atoms with van der Waals surface area (Å²) in [5.41, 5.74) is 12.8. The zero-order valence-corrected chi connectivity index (χ0v) is 28.8. The fraction of sp³-hybridized carbons (Fsp3) is 0.480. The molecule has 262 valence electrons. The number of nitrogen functional groups attached to an aromatic ring is 2. The second-order valence-corrected chi connectivity index (χ2v) is 16.6. The molecule has 0 radical (unpaired) electrons. The van der Waals surface area contributed by atoms with Crippen LogP contribution in [0.2, 0.25) is 0 Å². The minimum atomic E-state index is -5.04. The van der Waals surface area contributed by atoms with Gasteiger partial charge >= 0.3 is 14.6 Å². The third-order valence-electron chi connectivity index (χ3n) is 8.62. The van der Waals surface area contributed by atoms with E-state index in [-0.39, 0.29) is 45.3 Å². The fourth-order valence-corrected chi connectivity index (χ4v) is 9.91. The predicted octanol–water partition coefficient (Wildman–Crippen LogP) is 1.43. The number of aliphatic hydroxyl groups excluding tert-OH is 1. The first kappa shape index (κ1) is 34.4. The molecule has 1 saturated carbocycles. The van der Waals surface area contributed by atoms with Gasteiger partial charge in [-0.05, 0) is 24.0 Å². The largest absolute Gasteiger partial charge is 0.472 e. The number of anilines is 2. The first-order chi connectivity index (χ1) is 23.3. The van der Waals surface area contributed by atoms with Gasteiger partial charge in [0, 0.05) is 7.11 Å². The summed E-state index contributed by atoms with van der Waals surface area (Å²) in [4.78, 5) is 42.9. The molecule has 1 unspecified atom stereocenters. The Morgan fingerprint density at radius 1 is 1.24 bits per heavy atom. The van der Waals surface area contributed by atoms with Gasteiger partial charge in [0.15, 0.2) is 17.0 Å². The van der Waals surface area contributed by atoms with Crippen LogP contribution in [0.4, 0.5) is 11.8 Å². The topological polar surface area (TPSA) is 284 Å². The molecule has 0 aromatic carbocycles. The molecule has 0 spiro atoms. The van der Waals surface area contributed by atoms with Crippen LogP contribution in [0.5, 0.6) is 0 Å². The second-order valence-electron chi connectivity index (χ2n) is 11.5. The van der Waals surface area contributed by atoms with E-state index in [4.69, 9.17) is 39.0 Å². The van der Waals surface area contributed by atoms with E-state index in [1.54, 1.807) is 0 Å². The highest BCUT2D eigenvalue weighted by atomic mass is 32.7. The Morgan fingerprint density at radius 2 is 2.04 bits per heavy atom. The fourth-order valence-electron chi connectivity index (χ4n) is 6.50. The summed E-state index contributed by atoms with van der Waals surface area (Å²) in [6.45, 7) is -1.86. The van der Waals surface area contributed by atoms with E-state index >= 15 is 0 Å². The van der Waals surface area contributed by atoms with Crippen LogP contribution >= 0.6 is 38.4 Å². The van der Waals surface area contributed by atoms with Gasteiger partial charge in [-0.25, -0.2) is 29.1 Å². The number of hydrogen-bond acceptors (Lipinski definition) is 18. The summed E-state index contributed by atoms with van der Waals surface area (Å²) in [5.74, 6) is -0.0940. The maximum Gasteiger partial charge on any atom is 0.472 e. The molecule has 2 aliphatic heterocycles. The van der Waals surface area contributed by atoms with Crippen LogP contribution in [-0.4, -0.2) is 94.7 Å². The molecule has 49 heavy (non-hydrogen) atoms. The van der Waals surface area contributed by atoms with E-state index in [0.717, 1.165) is 11.5 Å². The van der Waals surface area contributed by atoms with Crippen molar-refractivity contribution < 1.29 is 46.7 Å². The Balaban J connectivity index is 1.28. The van der Waals surface area contributed by atoms with Crippen molar-refractivity contribution in [1.29, 1.82) is 0 Å². The standard InChI is InChI=1S/C25H29N9O11P2S2/c1-3-4-25-5-10(34-9-30-14-21(26)28-8-29-22(14)34)15(35)20(25)45-47(39,48)41-6-11-16(40-2)17(44-46(37,38)42-7-25)18(43-11)19-12-13(33-49-19)23(36)32-24(27)31-12/h4,8-11,15-18,20,35H,1,5-7H2,2H3,(H,37,38)(H,39,48)(H2,26,28,29)(H3,27,31,32,36)/t10-,11-,15+,16-,17-,18-,20+,25-,47-/m1/s1. The average Bonchev–Trinajstić information content (AvgIpc) is 3.79. The Bertz CT molecular complexity index is 2140. The van der Waals surface area contributed by atoms with Gasteiger partial charge in [0.05, 0.1) is 35.9 Å². The van der Waals surface area contributed by atoms with Crippen LogP contribution in [0.3, 0.4) is 0 Å². The van der Waals surface area contributed by atoms with Crippen molar-refractivity contribution >= 4 is 72.4 Å². The average molecular weight is 758 g/mol. The smallest absolute Gasteiger partial charge is 0.388 e. The molecule has 20 nitrogen and oxygen atoms in total. The number of aliphatic hydroxyl groups is 1. The lowest BCUT2D eigenvalue weighted by molar-refractivity contribution is -0.0412. The SMILES string of the molecule is C=C=C[C@@]12COP(=O)(O)O[C@@H]3[C@H](OC)[C@@H](CO[P@@](=O)(S)O[C@H]1[C@@H](O)[C@H](n1cnc4c(N)ncnc41)C2)O[C@H]3c1snc2c(=O)[nH]c(N)nc12. The lowest BCUT2D eigenvalue weighted by Crippen LogP contribution is -2.40. The third kappa shape index (κ3) is 6.06. The number of ether oxygens (including phenoxy) is 2. The number of phosphoric acid groups is 1. The third-order valence-corrected chi connectivity index (χ3v) is 12.1. The summed E-state index contributed by atoms with van der Waals surface area (Å²) in [7, 11) is -3.74. The number of imidazole rings is 1. The van der Waals surface area contributed by atoms with E-state index in [0.29, 0.717) is 0 Å². The van der Waals surface area contributed by atoms with Gasteiger partial charge in [0.25, 0.3) is 5.56 Å². The Labute approximate surface area is 284 Å². The quantitative estimate of drug-likeness (QED) is 0.0975. The Hall–Kier alpha value is -3.07. The molecule has 1 aliphatic carbocycles. The molecule has 4 aromatic rings. The summed E-state index contributed by atoms with van der Waals surface area (Å²) in [5, 5.41) is 11.7. The number of phosphoric ester groups is 1. The van der Waals surface area contributed by atoms with Gasteiger partial charge in [0.2, 0.25) is 5.95 Å². The highest BCUT2D eigenvalue weighted by Gasteiger charge is 2.58. The summed E-state index contributed by atoms with van der Waals surface area (Å²) in [6.07, 6.45) is -3.79. The van der Waals surface area contributed by atoms with E-state index in [1.165, 1.54) is 30.4 Å². The van der Waals surface area contributed by atoms with Crippen molar-refractivity contribution in [3.8, 4) is 0 Å². The minimum Gasteiger partial charge on any atom is -0.388 e. The Kier molecular flexibility index (Phi) is 8.85. The van der Waals surface area contributed by atoms with Gasteiger partial charge in [-0.15, -0.1) is 5.73 Å². The number of rotatable bonds is 4. The van der Waals surface area contributed by atoms with Crippen molar-refractivity contribution in [1.82, 2.24) is 33.9 Å². The summed E-state index contributed by atoms with van der Waals surface area (Å²) in [6, 6.07) is -0.887. The van der Waals surface area contributed by atoms with Crippen molar-refractivity contribution in [2.24, 2.45) is 5.41 Å². The monoisotopic (exact) mass is 757 g/mol. The first-order valence-electron chi connectivity index (χ1n) is 14.4. The lowest BCUT2D eigenvalue weighted by Gasteiger charge is -2.34. The van der Waals surface area contributed by atoms with Gasteiger partial charge < -0.3 is 35.5 Å². The van der Waals surface area contributed by atoms with Crippen LogP contribution in [0, 0.1) is 5.41 Å². The van der Waals surface area contributed by atoms with Crippen LogP contribution in [-0.2, 0) is 36.7 Å². The molecule has 10 atom stereocenters. The van der Waals surface area contributed by atoms with Gasteiger partial charge in [0.1, 0.15) is 54.0 Å². The predicted molar refractivity (Wildman–Crippen MR) is 174 cm³/mol. The van der Waals surface area contributed by atoms with Crippen LogP contribution in [0.25, 0.3) is 22.2 Å². The van der Waals surface area contributed by atoms with E-state index in [1.807, 2.05) is 0 Å². The molecule has 6 heterocycles. The minimum absolute atomic E-state index is 0.0466. The van der Waals surface area contributed by atoms with Crippen molar-refractivity contribution in [2.45, 2.75) is 49.1 Å². The van der Waals surface area contributed by atoms with Crippen LogP contribution in [0.1, 0.15) is 23.4 Å². The molecule has 7 rings (SSSR count). The van der Waals surface area contributed by atoms with Crippen LogP contribution < -0.4 is 17.0 Å². The number of hydrogen-bond donors (Lipinski definition) is 6. The maximum absolute atomic E-state index is 13.9. The molecular weight excluding hydrogens is 728 g/mol. The summed E-state index contributed by atoms with van der Waals surface area (Å²) >= 11 is 5.03. The normalized spacial score (nSPS) is 36.9. The van der Waals surface area contributed by atoms with Crippen molar-refractivity contribution in [3.63, 3.8) is 0 Å². The Morgan fingerprint density at radius 3 is 2.80 bits per heavy atom. The van der Waals surface area contributed by atoms with Crippen LogP contribution in [0.15, 0.2) is 35.8 Å². The zero-order valence-electron chi connectivity index (χ0n) is 25.3. The molecule has 4 aromatic heterocycles. The second kappa shape index (κ2) is 12.6. The molecule has 24 heteroatoms. The molecule has 0 amide bonds. The van der Waals surface area contributed by atoms with E-state index in [9.17, 15) is 23.9 Å². The number of thiol groups is 1. The van der Waals surface area contributed by atoms with Crippen molar-refractivity contribution in [2.75, 3.05) is 31.8 Å². The summed E-state index contributed by atoms with van der Waals surface area (Å²) < 4.78 is 68.0.